The highest BCUT2D eigenvalue weighted by atomic mass is 19.1. The smallest absolute Gasteiger partial charge is 0.306 e. The van der Waals surface area contributed by atoms with Gasteiger partial charge in [0.25, 0.3) is 0 Å². The largest absolute Gasteiger partial charge is 0.481 e. The third-order valence-corrected chi connectivity index (χ3v) is 3.66. The van der Waals surface area contributed by atoms with E-state index < -0.39 is 11.6 Å². The minimum absolute atomic E-state index is 0.149. The Kier molecular flexibility index (Phi) is 5.06. The summed E-state index contributed by atoms with van der Waals surface area (Å²) in [5.74, 6) is -1.44. The number of aryl methyl sites for hydroxylation is 2. The Balaban J connectivity index is 2.79. The van der Waals surface area contributed by atoms with Crippen LogP contribution in [0, 0.1) is 18.7 Å². The van der Waals surface area contributed by atoms with E-state index in [2.05, 4.69) is 0 Å². The Bertz CT molecular complexity index is 457. The molecule has 106 valence electrons. The molecule has 0 bridgehead atoms. The molecule has 0 heterocycles. The van der Waals surface area contributed by atoms with Crippen LogP contribution in [0.3, 0.4) is 0 Å². The van der Waals surface area contributed by atoms with Crippen molar-refractivity contribution in [2.75, 3.05) is 0 Å². The second-order valence-electron chi connectivity index (χ2n) is 5.40. The van der Waals surface area contributed by atoms with Gasteiger partial charge in [-0.25, -0.2) is 4.39 Å². The summed E-state index contributed by atoms with van der Waals surface area (Å²) in [6.45, 7) is 5.42. The molecule has 4 heteroatoms. The highest BCUT2D eigenvalue weighted by molar-refractivity contribution is 5.68. The number of aliphatic carboxylic acids is 1. The third-order valence-electron chi connectivity index (χ3n) is 3.66. The molecular formula is C15H21FO3. The van der Waals surface area contributed by atoms with Gasteiger partial charge in [0.1, 0.15) is 5.82 Å². The molecule has 0 aliphatic carbocycles. The van der Waals surface area contributed by atoms with Crippen LogP contribution in [-0.2, 0) is 11.2 Å². The number of carbonyl (C=O) groups is 1. The fourth-order valence-electron chi connectivity index (χ4n) is 2.13. The maximum Gasteiger partial charge on any atom is 0.306 e. The van der Waals surface area contributed by atoms with E-state index in [9.17, 15) is 14.3 Å². The maximum atomic E-state index is 13.0. The first-order valence-corrected chi connectivity index (χ1v) is 6.44. The molecule has 1 rings (SSSR count). The first kappa shape index (κ1) is 15.6. The molecule has 0 radical (unpaired) electrons. The van der Waals surface area contributed by atoms with E-state index in [-0.39, 0.29) is 18.2 Å². The number of halogens is 1. The molecule has 3 nitrogen and oxygen atoms in total. The molecule has 0 aliphatic heterocycles. The molecule has 1 atom stereocenters. The van der Waals surface area contributed by atoms with Crippen LogP contribution in [0.4, 0.5) is 4.39 Å². The van der Waals surface area contributed by atoms with Crippen molar-refractivity contribution < 1.29 is 19.4 Å². The van der Waals surface area contributed by atoms with Gasteiger partial charge in [0.15, 0.2) is 0 Å². The van der Waals surface area contributed by atoms with Crippen LogP contribution >= 0.6 is 0 Å². The van der Waals surface area contributed by atoms with E-state index in [1.54, 1.807) is 19.9 Å². The molecule has 0 spiro atoms. The van der Waals surface area contributed by atoms with E-state index in [0.29, 0.717) is 12.8 Å². The number of hydrogen-bond acceptors (Lipinski definition) is 2. The van der Waals surface area contributed by atoms with E-state index in [1.165, 1.54) is 12.1 Å². The number of benzene rings is 1. The summed E-state index contributed by atoms with van der Waals surface area (Å²) in [6.07, 6.45) is 0.614. The molecule has 0 aromatic heterocycles. The van der Waals surface area contributed by atoms with E-state index in [1.807, 2.05) is 6.92 Å². The van der Waals surface area contributed by atoms with Crippen molar-refractivity contribution in [3.63, 3.8) is 0 Å². The Labute approximate surface area is 113 Å². The first-order valence-electron chi connectivity index (χ1n) is 6.44. The topological polar surface area (TPSA) is 57.5 Å². The third kappa shape index (κ3) is 4.31. The van der Waals surface area contributed by atoms with Crippen molar-refractivity contribution in [1.29, 1.82) is 0 Å². The molecule has 1 aromatic carbocycles. The number of rotatable bonds is 6. The van der Waals surface area contributed by atoms with E-state index in [4.69, 9.17) is 5.11 Å². The summed E-state index contributed by atoms with van der Waals surface area (Å²) in [4.78, 5) is 10.8. The molecule has 1 unspecified atom stereocenters. The lowest BCUT2D eigenvalue weighted by Crippen LogP contribution is -2.38. The van der Waals surface area contributed by atoms with Crippen molar-refractivity contribution in [1.82, 2.24) is 0 Å². The standard InChI is InChI=1S/C15H21FO3/c1-10(2)15(19,9-14(17)18)7-6-12-4-5-13(16)8-11(12)3/h4-5,8,10,19H,6-7,9H2,1-3H3,(H,17,18). The van der Waals surface area contributed by atoms with Gasteiger partial charge in [-0.1, -0.05) is 19.9 Å². The maximum absolute atomic E-state index is 13.0. The monoisotopic (exact) mass is 268 g/mol. The summed E-state index contributed by atoms with van der Waals surface area (Å²) in [5.41, 5.74) is 0.527. The average molecular weight is 268 g/mol. The van der Waals surface area contributed by atoms with Gasteiger partial charge in [-0.15, -0.1) is 0 Å². The van der Waals surface area contributed by atoms with Crippen LogP contribution < -0.4 is 0 Å². The van der Waals surface area contributed by atoms with Crippen molar-refractivity contribution in [3.8, 4) is 0 Å². The predicted octanol–water partition coefficient (Wildman–Crippen LogP) is 2.93. The second-order valence-corrected chi connectivity index (χ2v) is 5.40. The second kappa shape index (κ2) is 6.15. The molecule has 19 heavy (non-hydrogen) atoms. The number of hydrogen-bond donors (Lipinski definition) is 2. The highest BCUT2D eigenvalue weighted by Gasteiger charge is 2.33. The summed E-state index contributed by atoms with van der Waals surface area (Å²) in [7, 11) is 0. The van der Waals surface area contributed by atoms with Crippen LogP contribution in [0.15, 0.2) is 18.2 Å². The predicted molar refractivity (Wildman–Crippen MR) is 71.5 cm³/mol. The van der Waals surface area contributed by atoms with Gasteiger partial charge in [-0.3, -0.25) is 4.79 Å². The van der Waals surface area contributed by atoms with Gasteiger partial charge in [0, 0.05) is 0 Å². The van der Waals surface area contributed by atoms with Crippen LogP contribution in [0.2, 0.25) is 0 Å². The van der Waals surface area contributed by atoms with Gasteiger partial charge in [0.2, 0.25) is 0 Å². The van der Waals surface area contributed by atoms with Crippen molar-refractivity contribution in [3.05, 3.63) is 35.1 Å². The van der Waals surface area contributed by atoms with Crippen LogP contribution in [0.5, 0.6) is 0 Å². The van der Waals surface area contributed by atoms with E-state index in [0.717, 1.165) is 11.1 Å². The summed E-state index contributed by atoms with van der Waals surface area (Å²) in [5, 5.41) is 19.3. The Hall–Kier alpha value is -1.42. The molecule has 0 aliphatic rings. The van der Waals surface area contributed by atoms with Gasteiger partial charge in [-0.2, -0.15) is 0 Å². The van der Waals surface area contributed by atoms with Gasteiger partial charge in [-0.05, 0) is 48.9 Å². The Morgan fingerprint density at radius 3 is 2.53 bits per heavy atom. The molecular weight excluding hydrogens is 247 g/mol. The molecule has 0 saturated heterocycles. The van der Waals surface area contributed by atoms with Crippen molar-refractivity contribution in [2.45, 2.75) is 45.6 Å². The molecule has 0 amide bonds. The van der Waals surface area contributed by atoms with Gasteiger partial charge < -0.3 is 10.2 Å². The van der Waals surface area contributed by atoms with Gasteiger partial charge in [0.05, 0.1) is 12.0 Å². The fourth-order valence-corrected chi connectivity index (χ4v) is 2.13. The molecule has 0 fully saturated rings. The minimum atomic E-state index is -1.23. The number of carboxylic acids is 1. The Morgan fingerprint density at radius 1 is 1.42 bits per heavy atom. The lowest BCUT2D eigenvalue weighted by molar-refractivity contribution is -0.145. The summed E-state index contributed by atoms with van der Waals surface area (Å²) < 4.78 is 13.0. The fraction of sp³-hybridized carbons (Fsp3) is 0.533. The normalized spacial score (nSPS) is 14.4. The molecule has 0 saturated carbocycles. The van der Waals surface area contributed by atoms with Gasteiger partial charge >= 0.3 is 5.97 Å². The van der Waals surface area contributed by atoms with Crippen molar-refractivity contribution in [2.24, 2.45) is 5.92 Å². The quantitative estimate of drug-likeness (QED) is 0.834. The summed E-state index contributed by atoms with van der Waals surface area (Å²) in [6, 6.07) is 4.51. The zero-order valence-corrected chi connectivity index (χ0v) is 11.6. The molecule has 2 N–H and O–H groups in total. The molecule has 1 aromatic rings. The van der Waals surface area contributed by atoms with Crippen LogP contribution in [-0.4, -0.2) is 21.8 Å². The zero-order valence-electron chi connectivity index (χ0n) is 11.6. The van der Waals surface area contributed by atoms with E-state index >= 15 is 0 Å². The van der Waals surface area contributed by atoms with Crippen molar-refractivity contribution >= 4 is 5.97 Å². The summed E-state index contributed by atoms with van der Waals surface area (Å²) >= 11 is 0. The lowest BCUT2D eigenvalue weighted by atomic mass is 9.81. The average Bonchev–Trinajstić information content (AvgIpc) is 2.26. The lowest BCUT2D eigenvalue weighted by Gasteiger charge is -2.31. The van der Waals surface area contributed by atoms with Crippen LogP contribution in [0.25, 0.3) is 0 Å². The highest BCUT2D eigenvalue weighted by Crippen LogP contribution is 2.27. The number of aliphatic hydroxyl groups is 1. The number of carboxylic acid groups (broad SMARTS) is 1. The first-order chi connectivity index (χ1) is 8.74. The van der Waals surface area contributed by atoms with Crippen LogP contribution in [0.1, 0.15) is 37.8 Å². The minimum Gasteiger partial charge on any atom is -0.481 e. The zero-order chi connectivity index (χ0) is 14.6. The Morgan fingerprint density at radius 2 is 2.05 bits per heavy atom. The SMILES string of the molecule is Cc1cc(F)ccc1CCC(O)(CC(=O)O)C(C)C.